The van der Waals surface area contributed by atoms with Gasteiger partial charge in [0, 0.05) is 23.9 Å². The van der Waals surface area contributed by atoms with Gasteiger partial charge in [-0.2, -0.15) is 0 Å². The van der Waals surface area contributed by atoms with Crippen molar-refractivity contribution in [2.45, 2.75) is 51.6 Å². The first kappa shape index (κ1) is 19.8. The zero-order valence-corrected chi connectivity index (χ0v) is 17.2. The third-order valence-electron chi connectivity index (χ3n) is 6.88. The molecule has 3 fully saturated rings. The molecule has 0 radical (unpaired) electrons. The van der Waals surface area contributed by atoms with Crippen LogP contribution in [0.15, 0.2) is 49.3 Å². The quantitative estimate of drug-likeness (QED) is 0.631. The number of carbonyl (C=O) groups excluding carboxylic acids is 1. The summed E-state index contributed by atoms with van der Waals surface area (Å²) in [4.78, 5) is 20.1. The van der Waals surface area contributed by atoms with Crippen molar-refractivity contribution in [2.75, 3.05) is 0 Å². The van der Waals surface area contributed by atoms with Gasteiger partial charge < -0.3 is 4.74 Å². The van der Waals surface area contributed by atoms with E-state index < -0.39 is 0 Å². The van der Waals surface area contributed by atoms with Crippen molar-refractivity contribution in [3.8, 4) is 11.3 Å². The first-order valence-electron chi connectivity index (χ1n) is 10.9. The average molecular weight is 391 g/mol. The van der Waals surface area contributed by atoms with Gasteiger partial charge in [-0.3, -0.25) is 14.8 Å². The van der Waals surface area contributed by atoms with Crippen molar-refractivity contribution in [3.05, 3.63) is 55.0 Å². The number of esters is 1. The molecule has 0 aromatic carbocycles. The predicted molar refractivity (Wildman–Crippen MR) is 115 cm³/mol. The van der Waals surface area contributed by atoms with E-state index in [0.29, 0.717) is 5.92 Å². The maximum Gasteiger partial charge on any atom is 0.309 e. The van der Waals surface area contributed by atoms with E-state index in [4.69, 9.17) is 4.74 Å². The number of carbonyl (C=O) groups is 1. The van der Waals surface area contributed by atoms with E-state index in [-0.39, 0.29) is 18.0 Å². The molecule has 0 bridgehead atoms. The Morgan fingerprint density at radius 3 is 2.52 bits per heavy atom. The number of ether oxygens (including phenoxy) is 1. The second-order valence-electron chi connectivity index (χ2n) is 8.58. The lowest BCUT2D eigenvalue weighted by molar-refractivity contribution is -0.144. The smallest absolute Gasteiger partial charge is 0.309 e. The van der Waals surface area contributed by atoms with Crippen LogP contribution >= 0.6 is 0 Å². The third kappa shape index (κ3) is 4.42. The molecule has 2 aliphatic carbocycles. The number of hydrogen-bond acceptors (Lipinski definition) is 4. The zero-order valence-electron chi connectivity index (χ0n) is 17.2. The van der Waals surface area contributed by atoms with Crippen molar-refractivity contribution < 1.29 is 9.53 Å². The van der Waals surface area contributed by atoms with E-state index in [2.05, 4.69) is 23.5 Å². The first-order valence-corrected chi connectivity index (χ1v) is 10.9. The van der Waals surface area contributed by atoms with Crippen LogP contribution in [-0.2, 0) is 9.53 Å². The average Bonchev–Trinajstić information content (AvgIpc) is 3.06. The highest BCUT2D eigenvalue weighted by Crippen LogP contribution is 2.49. The van der Waals surface area contributed by atoms with Crippen LogP contribution in [-0.4, -0.2) is 22.0 Å². The molecule has 3 heterocycles. The fourth-order valence-electron chi connectivity index (χ4n) is 5.28. The van der Waals surface area contributed by atoms with Gasteiger partial charge in [-0.25, -0.2) is 0 Å². The van der Waals surface area contributed by atoms with Crippen LogP contribution in [0.5, 0.6) is 0 Å². The molecule has 2 aromatic heterocycles. The fraction of sp³-hybridized carbons (Fsp3) is 0.480. The molecular formula is C25H30N2O2. The summed E-state index contributed by atoms with van der Waals surface area (Å²) in [5.74, 6) is 2.61. The summed E-state index contributed by atoms with van der Waals surface area (Å²) in [6.45, 7) is 5.73. The number of hydrogen-bond donors (Lipinski definition) is 0. The van der Waals surface area contributed by atoms with Crippen molar-refractivity contribution in [1.29, 1.82) is 0 Å². The lowest BCUT2D eigenvalue weighted by Gasteiger charge is -2.40. The van der Waals surface area contributed by atoms with Crippen molar-refractivity contribution >= 4 is 12.0 Å². The predicted octanol–water partition coefficient (Wildman–Crippen LogP) is 5.55. The fourth-order valence-corrected chi connectivity index (χ4v) is 5.28. The van der Waals surface area contributed by atoms with E-state index in [1.165, 1.54) is 32.1 Å². The highest BCUT2D eigenvalue weighted by atomic mass is 16.6. The number of cyclic esters (lactones) is 1. The van der Waals surface area contributed by atoms with Gasteiger partial charge in [0.2, 0.25) is 0 Å². The molecule has 152 valence electrons. The standard InChI is InChI=1S/C13H20O2.C12H10N2/c1-8-11-6-9-4-2-3-5-10(9)7-12(11)13(14)15-8;1-2-11-7-6-10(9-14-11)12-5-3-4-8-13-12/h8-12H,2-7H2,1H3;2-9H,1H2. The third-order valence-corrected chi connectivity index (χ3v) is 6.88. The van der Waals surface area contributed by atoms with Crippen molar-refractivity contribution in [2.24, 2.45) is 23.7 Å². The first-order chi connectivity index (χ1) is 14.2. The van der Waals surface area contributed by atoms with Crippen LogP contribution in [0, 0.1) is 23.7 Å². The van der Waals surface area contributed by atoms with Crippen LogP contribution in [0.25, 0.3) is 17.3 Å². The Hall–Kier alpha value is -2.49. The van der Waals surface area contributed by atoms with Gasteiger partial charge in [-0.1, -0.05) is 38.3 Å². The van der Waals surface area contributed by atoms with Crippen LogP contribution in [0.1, 0.15) is 51.1 Å². The SMILES string of the molecule is C=Cc1ccc(-c2ccccn2)cn1.CC1OC(=O)C2CC3CCCCC3CC12. The van der Waals surface area contributed by atoms with Crippen molar-refractivity contribution in [1.82, 2.24) is 9.97 Å². The molecule has 4 nitrogen and oxygen atoms in total. The highest BCUT2D eigenvalue weighted by molar-refractivity contribution is 5.75. The monoisotopic (exact) mass is 390 g/mol. The molecule has 0 amide bonds. The van der Waals surface area contributed by atoms with Gasteiger partial charge in [0.1, 0.15) is 6.10 Å². The number of fused-ring (bicyclic) bond motifs is 2. The number of rotatable bonds is 2. The second-order valence-corrected chi connectivity index (χ2v) is 8.58. The molecule has 5 rings (SSSR count). The minimum absolute atomic E-state index is 0.0940. The van der Waals surface area contributed by atoms with Gasteiger partial charge in [0.15, 0.2) is 0 Å². The minimum atomic E-state index is 0.0940. The number of nitrogens with zero attached hydrogens (tertiary/aromatic N) is 2. The Bertz CT molecular complexity index is 834. The summed E-state index contributed by atoms with van der Waals surface area (Å²) in [5.41, 5.74) is 2.84. The molecule has 3 aliphatic rings. The summed E-state index contributed by atoms with van der Waals surface area (Å²) in [5, 5.41) is 0. The molecule has 5 atom stereocenters. The lowest BCUT2D eigenvalue weighted by atomic mass is 9.63. The van der Waals surface area contributed by atoms with Gasteiger partial charge in [-0.05, 0) is 61.9 Å². The second kappa shape index (κ2) is 8.89. The van der Waals surface area contributed by atoms with Gasteiger partial charge >= 0.3 is 5.97 Å². The maximum atomic E-state index is 11.7. The molecule has 1 aliphatic heterocycles. The number of pyridine rings is 2. The molecule has 2 aromatic rings. The van der Waals surface area contributed by atoms with Gasteiger partial charge in [-0.15, -0.1) is 0 Å². The van der Waals surface area contributed by atoms with E-state index >= 15 is 0 Å². The van der Waals surface area contributed by atoms with Crippen LogP contribution < -0.4 is 0 Å². The largest absolute Gasteiger partial charge is 0.462 e. The van der Waals surface area contributed by atoms with Gasteiger partial charge in [0.05, 0.1) is 17.3 Å². The molecule has 0 spiro atoms. The molecule has 0 N–H and O–H groups in total. The Labute approximate surface area is 173 Å². The lowest BCUT2D eigenvalue weighted by Crippen LogP contribution is -2.35. The highest BCUT2D eigenvalue weighted by Gasteiger charge is 2.49. The number of aromatic nitrogens is 2. The Morgan fingerprint density at radius 2 is 1.86 bits per heavy atom. The van der Waals surface area contributed by atoms with Crippen molar-refractivity contribution in [3.63, 3.8) is 0 Å². The van der Waals surface area contributed by atoms with E-state index in [9.17, 15) is 4.79 Å². The summed E-state index contributed by atoms with van der Waals surface area (Å²) < 4.78 is 5.38. The summed E-state index contributed by atoms with van der Waals surface area (Å²) >= 11 is 0. The van der Waals surface area contributed by atoms with Crippen LogP contribution in [0.3, 0.4) is 0 Å². The van der Waals surface area contributed by atoms with Crippen LogP contribution in [0.2, 0.25) is 0 Å². The Morgan fingerprint density at radius 1 is 1.07 bits per heavy atom. The zero-order chi connectivity index (χ0) is 20.2. The summed E-state index contributed by atoms with van der Waals surface area (Å²) in [6, 6.07) is 9.74. The molecule has 2 saturated carbocycles. The molecular weight excluding hydrogens is 360 g/mol. The normalized spacial score (nSPS) is 30.2. The summed E-state index contributed by atoms with van der Waals surface area (Å²) in [7, 11) is 0. The van der Waals surface area contributed by atoms with E-state index in [1.54, 1.807) is 18.5 Å². The van der Waals surface area contributed by atoms with Gasteiger partial charge in [0.25, 0.3) is 0 Å². The van der Waals surface area contributed by atoms with Crippen LogP contribution in [0.4, 0.5) is 0 Å². The minimum Gasteiger partial charge on any atom is -0.462 e. The molecule has 29 heavy (non-hydrogen) atoms. The maximum absolute atomic E-state index is 11.7. The molecule has 1 saturated heterocycles. The Kier molecular flexibility index (Phi) is 6.08. The molecule has 5 unspecified atom stereocenters. The van der Waals surface area contributed by atoms with E-state index in [0.717, 1.165) is 35.2 Å². The summed E-state index contributed by atoms with van der Waals surface area (Å²) in [6.07, 6.45) is 13.4. The Balaban J connectivity index is 0.000000142. The van der Waals surface area contributed by atoms with E-state index in [1.807, 2.05) is 30.3 Å². The molecule has 4 heteroatoms. The topological polar surface area (TPSA) is 52.1 Å².